The maximum Gasteiger partial charge on any atom is 0.277 e. The number of carbonyl (C=O) groups is 1. The molecule has 27 heavy (non-hydrogen) atoms. The molecule has 0 bridgehead atoms. The van der Waals surface area contributed by atoms with Crippen LogP contribution in [0.1, 0.15) is 35.9 Å². The standard InChI is InChI=1S/C20H20BrN3O3/c1-12(2)18-17(21)19(24-23-18)20(25)22-13-8-10-14(11-9-13)27-16-7-5-4-6-15(16)26-3/h4-12H,1-3H3,(H,22,25)(H,23,24). The summed E-state index contributed by atoms with van der Waals surface area (Å²) in [4.78, 5) is 12.5. The Bertz CT molecular complexity index is 936. The number of H-pyrrole nitrogens is 1. The molecule has 0 atom stereocenters. The number of hydrogen-bond acceptors (Lipinski definition) is 4. The molecule has 2 N–H and O–H groups in total. The second-order valence-corrected chi connectivity index (χ2v) is 6.98. The number of nitrogens with zero attached hydrogens (tertiary/aromatic N) is 1. The Morgan fingerprint density at radius 1 is 1.11 bits per heavy atom. The summed E-state index contributed by atoms with van der Waals surface area (Å²) in [6.07, 6.45) is 0. The van der Waals surface area contributed by atoms with Gasteiger partial charge in [0, 0.05) is 5.69 Å². The lowest BCUT2D eigenvalue weighted by molar-refractivity contribution is 0.102. The van der Waals surface area contributed by atoms with Crippen molar-refractivity contribution in [2.24, 2.45) is 0 Å². The Morgan fingerprint density at radius 3 is 2.37 bits per heavy atom. The van der Waals surface area contributed by atoms with Gasteiger partial charge in [0.1, 0.15) is 5.75 Å². The van der Waals surface area contributed by atoms with Crippen LogP contribution in [0.15, 0.2) is 53.0 Å². The fourth-order valence-corrected chi connectivity index (χ4v) is 3.32. The molecule has 1 heterocycles. The van der Waals surface area contributed by atoms with Crippen LogP contribution < -0.4 is 14.8 Å². The van der Waals surface area contributed by atoms with E-state index in [4.69, 9.17) is 9.47 Å². The number of methoxy groups -OCH3 is 1. The Kier molecular flexibility index (Phi) is 5.81. The van der Waals surface area contributed by atoms with Crippen molar-refractivity contribution in [2.45, 2.75) is 19.8 Å². The van der Waals surface area contributed by atoms with E-state index in [-0.39, 0.29) is 11.8 Å². The minimum atomic E-state index is -0.288. The molecule has 0 aliphatic heterocycles. The molecule has 0 saturated carbocycles. The minimum Gasteiger partial charge on any atom is -0.493 e. The summed E-state index contributed by atoms with van der Waals surface area (Å²) in [5.41, 5.74) is 1.86. The van der Waals surface area contributed by atoms with Crippen molar-refractivity contribution in [3.8, 4) is 17.2 Å². The first-order valence-corrected chi connectivity index (χ1v) is 9.25. The van der Waals surface area contributed by atoms with Gasteiger partial charge in [-0.3, -0.25) is 9.89 Å². The van der Waals surface area contributed by atoms with Gasteiger partial charge in [0.05, 0.1) is 17.3 Å². The van der Waals surface area contributed by atoms with Crippen LogP contribution in [0.3, 0.4) is 0 Å². The van der Waals surface area contributed by atoms with Crippen molar-refractivity contribution in [2.75, 3.05) is 12.4 Å². The van der Waals surface area contributed by atoms with Gasteiger partial charge in [-0.1, -0.05) is 26.0 Å². The molecular formula is C20H20BrN3O3. The van der Waals surface area contributed by atoms with Gasteiger partial charge in [-0.05, 0) is 58.2 Å². The van der Waals surface area contributed by atoms with Gasteiger partial charge >= 0.3 is 0 Å². The zero-order chi connectivity index (χ0) is 19.4. The van der Waals surface area contributed by atoms with E-state index < -0.39 is 0 Å². The van der Waals surface area contributed by atoms with Gasteiger partial charge in [0.2, 0.25) is 0 Å². The fraction of sp³-hybridized carbons (Fsp3) is 0.200. The third-order valence-electron chi connectivity index (χ3n) is 3.93. The molecule has 0 radical (unpaired) electrons. The number of ether oxygens (including phenoxy) is 2. The number of benzene rings is 2. The quantitative estimate of drug-likeness (QED) is 0.553. The van der Waals surface area contributed by atoms with Crippen molar-refractivity contribution in [3.63, 3.8) is 0 Å². The second kappa shape index (κ2) is 8.26. The Morgan fingerprint density at radius 2 is 1.78 bits per heavy atom. The lowest BCUT2D eigenvalue weighted by atomic mass is 10.1. The Balaban J connectivity index is 1.70. The summed E-state index contributed by atoms with van der Waals surface area (Å²) in [5, 5.41) is 9.83. The van der Waals surface area contributed by atoms with Gasteiger partial charge < -0.3 is 14.8 Å². The van der Waals surface area contributed by atoms with Gasteiger partial charge in [-0.25, -0.2) is 0 Å². The molecule has 0 spiro atoms. The van der Waals surface area contributed by atoms with Crippen LogP contribution in [-0.4, -0.2) is 23.2 Å². The molecule has 7 heteroatoms. The van der Waals surface area contributed by atoms with Crippen LogP contribution in [0.2, 0.25) is 0 Å². The summed E-state index contributed by atoms with van der Waals surface area (Å²) in [5.74, 6) is 1.86. The Hall–Kier alpha value is -2.80. The predicted molar refractivity (Wildman–Crippen MR) is 108 cm³/mol. The summed E-state index contributed by atoms with van der Waals surface area (Å²) in [6, 6.07) is 14.5. The first-order chi connectivity index (χ1) is 13.0. The van der Waals surface area contributed by atoms with Crippen molar-refractivity contribution in [1.82, 2.24) is 10.2 Å². The fourth-order valence-electron chi connectivity index (χ4n) is 2.50. The molecule has 3 aromatic rings. The average molecular weight is 430 g/mol. The van der Waals surface area contributed by atoms with Crippen LogP contribution >= 0.6 is 15.9 Å². The number of anilines is 1. The van der Waals surface area contributed by atoms with Crippen LogP contribution in [0.4, 0.5) is 5.69 Å². The zero-order valence-electron chi connectivity index (χ0n) is 15.2. The van der Waals surface area contributed by atoms with E-state index >= 15 is 0 Å². The highest BCUT2D eigenvalue weighted by atomic mass is 79.9. The molecule has 0 unspecified atom stereocenters. The molecule has 140 valence electrons. The van der Waals surface area contributed by atoms with Gasteiger partial charge in [-0.2, -0.15) is 5.10 Å². The van der Waals surface area contributed by atoms with Crippen molar-refractivity contribution in [3.05, 3.63) is 64.4 Å². The van der Waals surface area contributed by atoms with Crippen LogP contribution in [0, 0.1) is 0 Å². The maximum absolute atomic E-state index is 12.5. The van der Waals surface area contributed by atoms with Crippen molar-refractivity contribution < 1.29 is 14.3 Å². The third kappa shape index (κ3) is 4.31. The van der Waals surface area contributed by atoms with Crippen LogP contribution in [0.25, 0.3) is 0 Å². The molecule has 1 aromatic heterocycles. The molecule has 0 aliphatic carbocycles. The minimum absolute atomic E-state index is 0.236. The number of hydrogen-bond donors (Lipinski definition) is 2. The summed E-state index contributed by atoms with van der Waals surface area (Å²) in [7, 11) is 1.60. The van der Waals surface area contributed by atoms with Gasteiger partial charge in [0.15, 0.2) is 17.2 Å². The molecule has 1 amide bonds. The monoisotopic (exact) mass is 429 g/mol. The number of nitrogens with one attached hydrogen (secondary N) is 2. The number of aromatic amines is 1. The smallest absolute Gasteiger partial charge is 0.277 e. The number of amides is 1. The van der Waals surface area contributed by atoms with Gasteiger partial charge in [-0.15, -0.1) is 0 Å². The highest BCUT2D eigenvalue weighted by molar-refractivity contribution is 9.10. The lowest BCUT2D eigenvalue weighted by Crippen LogP contribution is -2.13. The SMILES string of the molecule is COc1ccccc1Oc1ccc(NC(=O)c2n[nH]c(C(C)C)c2Br)cc1. The predicted octanol–water partition coefficient (Wildman–Crippen LogP) is 5.35. The van der Waals surface area contributed by atoms with E-state index in [1.807, 2.05) is 38.1 Å². The number of halogens is 1. The third-order valence-corrected chi connectivity index (χ3v) is 4.74. The highest BCUT2D eigenvalue weighted by Gasteiger charge is 2.19. The number of rotatable bonds is 6. The van der Waals surface area contributed by atoms with Crippen LogP contribution in [-0.2, 0) is 0 Å². The normalized spacial score (nSPS) is 10.7. The molecule has 2 aromatic carbocycles. The molecule has 0 fully saturated rings. The first-order valence-electron chi connectivity index (χ1n) is 8.45. The summed E-state index contributed by atoms with van der Waals surface area (Å²) < 4.78 is 11.8. The summed E-state index contributed by atoms with van der Waals surface area (Å²) in [6.45, 7) is 4.06. The molecule has 0 aliphatic rings. The Labute approximate surface area is 166 Å². The van der Waals surface area contributed by atoms with E-state index in [0.29, 0.717) is 33.1 Å². The van der Waals surface area contributed by atoms with Crippen LogP contribution in [0.5, 0.6) is 17.2 Å². The largest absolute Gasteiger partial charge is 0.493 e. The molecule has 3 rings (SSSR count). The highest BCUT2D eigenvalue weighted by Crippen LogP contribution is 2.31. The lowest BCUT2D eigenvalue weighted by Gasteiger charge is -2.10. The van der Waals surface area contributed by atoms with E-state index in [1.165, 1.54) is 0 Å². The number of carbonyl (C=O) groups excluding carboxylic acids is 1. The first kappa shape index (κ1) is 19.0. The molecule has 6 nitrogen and oxygen atoms in total. The van der Waals surface area contributed by atoms with E-state index in [1.54, 1.807) is 31.4 Å². The second-order valence-electron chi connectivity index (χ2n) is 6.19. The van der Waals surface area contributed by atoms with E-state index in [2.05, 4.69) is 31.4 Å². The molecule has 0 saturated heterocycles. The van der Waals surface area contributed by atoms with Gasteiger partial charge in [0.25, 0.3) is 5.91 Å². The van der Waals surface area contributed by atoms with E-state index in [0.717, 1.165) is 5.69 Å². The topological polar surface area (TPSA) is 76.2 Å². The summed E-state index contributed by atoms with van der Waals surface area (Å²) >= 11 is 3.44. The maximum atomic E-state index is 12.5. The molecular weight excluding hydrogens is 410 g/mol. The van der Waals surface area contributed by atoms with Crippen molar-refractivity contribution >= 4 is 27.5 Å². The van der Waals surface area contributed by atoms with E-state index in [9.17, 15) is 4.79 Å². The number of aromatic nitrogens is 2. The number of para-hydroxylation sites is 2. The van der Waals surface area contributed by atoms with Crippen molar-refractivity contribution in [1.29, 1.82) is 0 Å². The zero-order valence-corrected chi connectivity index (χ0v) is 16.8. The average Bonchev–Trinajstić information content (AvgIpc) is 3.05.